The molecule has 0 saturated carbocycles. The first kappa shape index (κ1) is 16.8. The third kappa shape index (κ3) is 5.02. The van der Waals surface area contributed by atoms with Crippen molar-refractivity contribution < 1.29 is 14.6 Å². The molecule has 0 aromatic heterocycles. The van der Waals surface area contributed by atoms with Crippen LogP contribution in [0, 0.1) is 5.41 Å². The zero-order chi connectivity index (χ0) is 15.2. The van der Waals surface area contributed by atoms with E-state index in [0.717, 1.165) is 12.8 Å². The Hall–Kier alpha value is -1.26. The average Bonchev–Trinajstić information content (AvgIpc) is 2.43. The first-order valence-electron chi connectivity index (χ1n) is 6.62. The second kappa shape index (κ2) is 7.50. The maximum Gasteiger partial charge on any atom is 0.255 e. The predicted molar refractivity (Wildman–Crippen MR) is 80.4 cm³/mol. The quantitative estimate of drug-likeness (QED) is 0.761. The second-order valence-electron chi connectivity index (χ2n) is 5.53. The van der Waals surface area contributed by atoms with Gasteiger partial charge in [-0.15, -0.1) is 0 Å². The van der Waals surface area contributed by atoms with Gasteiger partial charge in [0.25, 0.3) is 5.91 Å². The van der Waals surface area contributed by atoms with Crippen LogP contribution in [0.1, 0.15) is 37.0 Å². The Morgan fingerprint density at radius 1 is 1.45 bits per heavy atom. The molecule has 0 atom stereocenters. The van der Waals surface area contributed by atoms with Crippen LogP contribution in [0.4, 0.5) is 0 Å². The molecule has 0 spiro atoms. The standard InChI is InChI=1S/C15H22ClNO3/c1-15(2,10-18)7-4-8-17-14(19)12-6-5-11(16)9-13(12)20-3/h5-6,9,18H,4,7-8,10H2,1-3H3,(H,17,19). The highest BCUT2D eigenvalue weighted by Gasteiger charge is 2.16. The minimum Gasteiger partial charge on any atom is -0.496 e. The summed E-state index contributed by atoms with van der Waals surface area (Å²) in [5, 5.41) is 12.5. The smallest absolute Gasteiger partial charge is 0.255 e. The number of carbonyl (C=O) groups is 1. The lowest BCUT2D eigenvalue weighted by molar-refractivity contribution is 0.0945. The number of halogens is 1. The molecule has 0 unspecified atom stereocenters. The molecule has 0 saturated heterocycles. The monoisotopic (exact) mass is 299 g/mol. The van der Waals surface area contributed by atoms with E-state index >= 15 is 0 Å². The van der Waals surface area contributed by atoms with Crippen LogP contribution < -0.4 is 10.1 Å². The molecule has 0 aliphatic rings. The van der Waals surface area contributed by atoms with Gasteiger partial charge in [0.1, 0.15) is 5.75 Å². The number of carbonyl (C=O) groups excluding carboxylic acids is 1. The first-order valence-corrected chi connectivity index (χ1v) is 7.00. The zero-order valence-corrected chi connectivity index (χ0v) is 13.0. The van der Waals surface area contributed by atoms with Crippen molar-refractivity contribution >= 4 is 17.5 Å². The minimum absolute atomic E-state index is 0.108. The molecule has 2 N–H and O–H groups in total. The highest BCUT2D eigenvalue weighted by molar-refractivity contribution is 6.30. The van der Waals surface area contributed by atoms with Crippen molar-refractivity contribution in [3.05, 3.63) is 28.8 Å². The van der Waals surface area contributed by atoms with E-state index in [-0.39, 0.29) is 17.9 Å². The van der Waals surface area contributed by atoms with Gasteiger partial charge in [-0.2, -0.15) is 0 Å². The molecule has 1 rings (SSSR count). The van der Waals surface area contributed by atoms with E-state index in [1.54, 1.807) is 18.2 Å². The summed E-state index contributed by atoms with van der Waals surface area (Å²) in [5.41, 5.74) is 0.362. The minimum atomic E-state index is -0.180. The van der Waals surface area contributed by atoms with Gasteiger partial charge in [-0.05, 0) is 36.5 Å². The van der Waals surface area contributed by atoms with E-state index < -0.39 is 0 Å². The van der Waals surface area contributed by atoms with Crippen molar-refractivity contribution in [2.75, 3.05) is 20.3 Å². The Morgan fingerprint density at radius 2 is 2.15 bits per heavy atom. The molecular weight excluding hydrogens is 278 g/mol. The summed E-state index contributed by atoms with van der Waals surface area (Å²) in [6.45, 7) is 4.70. The van der Waals surface area contributed by atoms with Crippen molar-refractivity contribution in [2.45, 2.75) is 26.7 Å². The molecule has 5 heteroatoms. The molecule has 0 radical (unpaired) electrons. The average molecular weight is 300 g/mol. The van der Waals surface area contributed by atoms with Gasteiger partial charge in [0, 0.05) is 18.2 Å². The van der Waals surface area contributed by atoms with Crippen molar-refractivity contribution in [3.8, 4) is 5.75 Å². The number of hydrogen-bond donors (Lipinski definition) is 2. The maximum absolute atomic E-state index is 12.0. The van der Waals surface area contributed by atoms with Gasteiger partial charge in [0.2, 0.25) is 0 Å². The van der Waals surface area contributed by atoms with Gasteiger partial charge in [0.05, 0.1) is 12.7 Å². The molecule has 1 amide bonds. The Kier molecular flexibility index (Phi) is 6.30. The fourth-order valence-corrected chi connectivity index (χ4v) is 1.96. The topological polar surface area (TPSA) is 58.6 Å². The molecule has 0 fully saturated rings. The normalized spacial score (nSPS) is 11.2. The van der Waals surface area contributed by atoms with Gasteiger partial charge < -0.3 is 15.2 Å². The molecule has 1 aromatic rings. The van der Waals surface area contributed by atoms with Crippen molar-refractivity contribution in [3.63, 3.8) is 0 Å². The number of aliphatic hydroxyl groups excluding tert-OH is 1. The van der Waals surface area contributed by atoms with Crippen molar-refractivity contribution in [1.82, 2.24) is 5.32 Å². The van der Waals surface area contributed by atoms with Crippen LogP contribution in [0.25, 0.3) is 0 Å². The predicted octanol–water partition coefficient (Wildman–Crippen LogP) is 2.88. The van der Waals surface area contributed by atoms with Gasteiger partial charge in [-0.3, -0.25) is 4.79 Å². The summed E-state index contributed by atoms with van der Waals surface area (Å²) < 4.78 is 5.15. The number of ether oxygens (including phenoxy) is 1. The van der Waals surface area contributed by atoms with Crippen molar-refractivity contribution in [2.24, 2.45) is 5.41 Å². The third-order valence-electron chi connectivity index (χ3n) is 3.15. The summed E-state index contributed by atoms with van der Waals surface area (Å²) in [5.74, 6) is 0.283. The molecule has 0 aliphatic carbocycles. The lowest BCUT2D eigenvalue weighted by atomic mass is 9.89. The van der Waals surface area contributed by atoms with Crippen LogP contribution >= 0.6 is 11.6 Å². The van der Waals surface area contributed by atoms with Gasteiger partial charge in [-0.25, -0.2) is 0 Å². The number of rotatable bonds is 7. The fourth-order valence-electron chi connectivity index (χ4n) is 1.80. The van der Waals surface area contributed by atoms with Crippen LogP contribution in [0.15, 0.2) is 18.2 Å². The summed E-state index contributed by atoms with van der Waals surface area (Å²) >= 11 is 5.86. The lowest BCUT2D eigenvalue weighted by Crippen LogP contribution is -2.26. The van der Waals surface area contributed by atoms with E-state index in [1.165, 1.54) is 7.11 Å². The Bertz CT molecular complexity index is 460. The third-order valence-corrected chi connectivity index (χ3v) is 3.39. The van der Waals surface area contributed by atoms with Crippen LogP contribution in [-0.4, -0.2) is 31.3 Å². The van der Waals surface area contributed by atoms with E-state index in [4.69, 9.17) is 21.4 Å². The van der Waals surface area contributed by atoms with Crippen LogP contribution in [0.5, 0.6) is 5.75 Å². The highest BCUT2D eigenvalue weighted by Crippen LogP contribution is 2.23. The van der Waals surface area contributed by atoms with Gasteiger partial charge >= 0.3 is 0 Å². The summed E-state index contributed by atoms with van der Waals surface area (Å²) in [7, 11) is 1.51. The number of hydrogen-bond acceptors (Lipinski definition) is 3. The maximum atomic E-state index is 12.0. The summed E-state index contributed by atoms with van der Waals surface area (Å²) in [6.07, 6.45) is 1.66. The molecule has 0 bridgehead atoms. The molecule has 0 heterocycles. The highest BCUT2D eigenvalue weighted by atomic mass is 35.5. The molecule has 0 aliphatic heterocycles. The molecule has 4 nitrogen and oxygen atoms in total. The van der Waals surface area contributed by atoms with Gasteiger partial charge in [-0.1, -0.05) is 25.4 Å². The molecule has 1 aromatic carbocycles. The Balaban J connectivity index is 2.51. The number of aliphatic hydroxyl groups is 1. The number of methoxy groups -OCH3 is 1. The van der Waals surface area contributed by atoms with E-state index in [1.807, 2.05) is 13.8 Å². The molecule has 112 valence electrons. The van der Waals surface area contributed by atoms with E-state index in [9.17, 15) is 4.79 Å². The summed E-state index contributed by atoms with van der Waals surface area (Å²) in [4.78, 5) is 12.0. The SMILES string of the molecule is COc1cc(Cl)ccc1C(=O)NCCCC(C)(C)CO. The van der Waals surface area contributed by atoms with E-state index in [2.05, 4.69) is 5.32 Å². The van der Waals surface area contributed by atoms with Gasteiger partial charge in [0.15, 0.2) is 0 Å². The van der Waals surface area contributed by atoms with Crippen LogP contribution in [0.2, 0.25) is 5.02 Å². The fraction of sp³-hybridized carbons (Fsp3) is 0.533. The zero-order valence-electron chi connectivity index (χ0n) is 12.2. The lowest BCUT2D eigenvalue weighted by Gasteiger charge is -2.21. The molecular formula is C15H22ClNO3. The van der Waals surface area contributed by atoms with Crippen LogP contribution in [0.3, 0.4) is 0 Å². The Morgan fingerprint density at radius 3 is 2.75 bits per heavy atom. The summed E-state index contributed by atoms with van der Waals surface area (Å²) in [6, 6.07) is 4.92. The number of amides is 1. The number of benzene rings is 1. The van der Waals surface area contributed by atoms with Crippen LogP contribution in [-0.2, 0) is 0 Å². The largest absolute Gasteiger partial charge is 0.496 e. The first-order chi connectivity index (χ1) is 9.39. The Labute approximate surface area is 125 Å². The molecule has 20 heavy (non-hydrogen) atoms. The van der Waals surface area contributed by atoms with Crippen molar-refractivity contribution in [1.29, 1.82) is 0 Å². The van der Waals surface area contributed by atoms with E-state index in [0.29, 0.717) is 22.9 Å². The second-order valence-corrected chi connectivity index (χ2v) is 5.96. The number of nitrogens with one attached hydrogen (secondary N) is 1.